The standard InChI is InChI=1S/C28H26Br2N4O/c1-3-4-15-35-22-12-9-20(10-13-22)18-31-34-28(33-27-23(29)16-19(2)17-24(27)30)26-14-11-21-7-5-6-8-25(21)32-26/h5-14,16-18H,3-4,15H2,1-2H3,(H,33,34)/b31-18+. The highest BCUT2D eigenvalue weighted by atomic mass is 79.9. The first-order chi connectivity index (χ1) is 17.0. The molecule has 178 valence electrons. The maximum Gasteiger partial charge on any atom is 0.173 e. The molecule has 1 N–H and O–H groups in total. The van der Waals surface area contributed by atoms with Crippen LogP contribution in [0.3, 0.4) is 0 Å². The van der Waals surface area contributed by atoms with Crippen molar-refractivity contribution in [2.24, 2.45) is 10.1 Å². The van der Waals surface area contributed by atoms with Gasteiger partial charge < -0.3 is 4.74 Å². The highest BCUT2D eigenvalue weighted by Crippen LogP contribution is 2.35. The molecule has 5 nitrogen and oxygen atoms in total. The maximum absolute atomic E-state index is 5.74. The first-order valence-corrected chi connectivity index (χ1v) is 13.0. The summed E-state index contributed by atoms with van der Waals surface area (Å²) in [6, 6.07) is 23.9. The van der Waals surface area contributed by atoms with E-state index in [2.05, 4.69) is 49.3 Å². The number of aromatic nitrogens is 1. The molecule has 0 saturated carbocycles. The van der Waals surface area contributed by atoms with Crippen molar-refractivity contribution in [2.45, 2.75) is 26.7 Å². The van der Waals surface area contributed by atoms with E-state index in [9.17, 15) is 0 Å². The number of nitrogens with zero attached hydrogens (tertiary/aromatic N) is 3. The molecule has 4 rings (SSSR count). The van der Waals surface area contributed by atoms with E-state index in [-0.39, 0.29) is 0 Å². The highest BCUT2D eigenvalue weighted by Gasteiger charge is 2.11. The fourth-order valence-electron chi connectivity index (χ4n) is 3.40. The smallest absolute Gasteiger partial charge is 0.173 e. The average Bonchev–Trinajstić information content (AvgIpc) is 2.86. The van der Waals surface area contributed by atoms with Crippen LogP contribution in [-0.4, -0.2) is 23.6 Å². The second kappa shape index (κ2) is 12.1. The van der Waals surface area contributed by atoms with Crippen molar-refractivity contribution in [2.75, 3.05) is 6.61 Å². The third-order valence-corrected chi connectivity index (χ3v) is 6.47. The number of hydrogen-bond donors (Lipinski definition) is 1. The van der Waals surface area contributed by atoms with Gasteiger partial charge in [-0.1, -0.05) is 37.6 Å². The van der Waals surface area contributed by atoms with E-state index in [4.69, 9.17) is 14.7 Å². The molecule has 0 unspecified atom stereocenters. The first-order valence-electron chi connectivity index (χ1n) is 11.5. The van der Waals surface area contributed by atoms with Crippen LogP contribution in [0.25, 0.3) is 10.9 Å². The number of halogens is 2. The van der Waals surface area contributed by atoms with Crippen molar-refractivity contribution in [3.63, 3.8) is 0 Å². The summed E-state index contributed by atoms with van der Waals surface area (Å²) in [4.78, 5) is 9.69. The topological polar surface area (TPSA) is 58.9 Å². The number of amidine groups is 1. The van der Waals surface area contributed by atoms with E-state index in [0.717, 1.165) is 61.9 Å². The Bertz CT molecular complexity index is 1340. The Labute approximate surface area is 222 Å². The molecule has 0 atom stereocenters. The third-order valence-electron chi connectivity index (χ3n) is 5.26. The van der Waals surface area contributed by atoms with Gasteiger partial charge in [-0.05, 0) is 105 Å². The number of fused-ring (bicyclic) bond motifs is 1. The van der Waals surface area contributed by atoms with Crippen molar-refractivity contribution >= 4 is 60.5 Å². The predicted molar refractivity (Wildman–Crippen MR) is 152 cm³/mol. The molecule has 0 aliphatic rings. The molecular formula is C28H26Br2N4O. The number of rotatable bonds is 8. The van der Waals surface area contributed by atoms with Crippen LogP contribution in [0.1, 0.15) is 36.6 Å². The minimum Gasteiger partial charge on any atom is -0.494 e. The van der Waals surface area contributed by atoms with Crippen molar-refractivity contribution in [1.82, 2.24) is 10.4 Å². The zero-order valence-corrected chi connectivity index (χ0v) is 22.8. The number of hydrogen-bond acceptors (Lipinski definition) is 4. The Balaban J connectivity index is 1.62. The van der Waals surface area contributed by atoms with E-state index >= 15 is 0 Å². The lowest BCUT2D eigenvalue weighted by molar-refractivity contribution is 0.309. The molecule has 1 heterocycles. The van der Waals surface area contributed by atoms with E-state index < -0.39 is 0 Å². The van der Waals surface area contributed by atoms with Crippen LogP contribution in [0, 0.1) is 6.92 Å². The van der Waals surface area contributed by atoms with Crippen LogP contribution in [0.5, 0.6) is 5.75 Å². The Morgan fingerprint density at radius 3 is 2.49 bits per heavy atom. The molecule has 0 aliphatic carbocycles. The molecule has 0 amide bonds. The normalized spacial score (nSPS) is 11.8. The second-order valence-corrected chi connectivity index (χ2v) is 9.78. The van der Waals surface area contributed by atoms with Crippen LogP contribution in [0.2, 0.25) is 0 Å². The van der Waals surface area contributed by atoms with Gasteiger partial charge in [0.1, 0.15) is 11.4 Å². The van der Waals surface area contributed by atoms with Crippen LogP contribution < -0.4 is 10.2 Å². The monoisotopic (exact) mass is 592 g/mol. The molecule has 4 aromatic rings. The number of aliphatic imine (C=N–C) groups is 1. The zero-order chi connectivity index (χ0) is 24.6. The van der Waals surface area contributed by atoms with E-state index in [1.54, 1.807) is 6.21 Å². The maximum atomic E-state index is 5.74. The Kier molecular flexibility index (Phi) is 8.66. The number of para-hydroxylation sites is 1. The number of hydrazone groups is 1. The molecule has 35 heavy (non-hydrogen) atoms. The van der Waals surface area contributed by atoms with Crippen LogP contribution >= 0.6 is 31.9 Å². The van der Waals surface area contributed by atoms with Crippen LogP contribution in [-0.2, 0) is 0 Å². The quantitative estimate of drug-likeness (QED) is 0.0976. The van der Waals surface area contributed by atoms with Gasteiger partial charge in [-0.25, -0.2) is 9.98 Å². The van der Waals surface area contributed by atoms with Crippen molar-refractivity contribution in [3.05, 3.63) is 98.6 Å². The number of ether oxygens (including phenoxy) is 1. The van der Waals surface area contributed by atoms with Crippen LogP contribution in [0.4, 0.5) is 5.69 Å². The molecule has 0 aliphatic heterocycles. The van der Waals surface area contributed by atoms with Gasteiger partial charge in [-0.15, -0.1) is 0 Å². The lowest BCUT2D eigenvalue weighted by Gasteiger charge is -2.10. The summed E-state index contributed by atoms with van der Waals surface area (Å²) in [6.07, 6.45) is 3.92. The lowest BCUT2D eigenvalue weighted by Crippen LogP contribution is -2.20. The Morgan fingerprint density at radius 1 is 1.00 bits per heavy atom. The fourth-order valence-corrected chi connectivity index (χ4v) is 4.99. The van der Waals surface area contributed by atoms with Crippen molar-refractivity contribution < 1.29 is 4.74 Å². The summed E-state index contributed by atoms with van der Waals surface area (Å²) in [5.74, 6) is 1.40. The molecule has 0 spiro atoms. The predicted octanol–water partition coefficient (Wildman–Crippen LogP) is 7.95. The van der Waals surface area contributed by atoms with E-state index in [1.807, 2.05) is 79.7 Å². The van der Waals surface area contributed by atoms with Crippen LogP contribution in [0.15, 0.2) is 91.8 Å². The molecule has 0 bridgehead atoms. The molecule has 0 fully saturated rings. The largest absolute Gasteiger partial charge is 0.494 e. The number of nitrogens with one attached hydrogen (secondary N) is 1. The lowest BCUT2D eigenvalue weighted by atomic mass is 10.2. The van der Waals surface area contributed by atoms with Gasteiger partial charge in [-0.2, -0.15) is 5.10 Å². The number of benzene rings is 3. The molecule has 7 heteroatoms. The minimum absolute atomic E-state index is 0.539. The fraction of sp³-hybridized carbons (Fsp3) is 0.179. The van der Waals surface area contributed by atoms with Gasteiger partial charge >= 0.3 is 0 Å². The zero-order valence-electron chi connectivity index (χ0n) is 19.6. The van der Waals surface area contributed by atoms with Gasteiger partial charge in [0.15, 0.2) is 5.84 Å². The first kappa shape index (κ1) is 25.1. The SMILES string of the molecule is CCCCOc1ccc(/C=N/NC(=Nc2c(Br)cc(C)cc2Br)c2ccc3ccccc3n2)cc1. The van der Waals surface area contributed by atoms with Gasteiger partial charge in [-0.3, -0.25) is 5.43 Å². The molecular weight excluding hydrogens is 568 g/mol. The number of aryl methyl sites for hydroxylation is 1. The summed E-state index contributed by atoms with van der Waals surface area (Å²) in [5, 5.41) is 5.53. The summed E-state index contributed by atoms with van der Waals surface area (Å²) in [7, 11) is 0. The molecule has 1 aromatic heterocycles. The van der Waals surface area contributed by atoms with E-state index in [1.165, 1.54) is 0 Å². The summed E-state index contributed by atoms with van der Waals surface area (Å²) < 4.78 is 7.50. The molecule has 0 saturated heterocycles. The number of unbranched alkanes of at least 4 members (excludes halogenated alkanes) is 1. The summed E-state index contributed by atoms with van der Waals surface area (Å²) in [5.41, 5.74) is 7.53. The summed E-state index contributed by atoms with van der Waals surface area (Å²) >= 11 is 7.27. The Hall–Kier alpha value is -3.03. The van der Waals surface area contributed by atoms with Crippen molar-refractivity contribution in [1.29, 1.82) is 0 Å². The van der Waals surface area contributed by atoms with Gasteiger partial charge in [0.25, 0.3) is 0 Å². The number of pyridine rings is 1. The molecule has 3 aromatic carbocycles. The average molecular weight is 594 g/mol. The molecule has 0 radical (unpaired) electrons. The van der Waals surface area contributed by atoms with Gasteiger partial charge in [0.2, 0.25) is 0 Å². The third kappa shape index (κ3) is 6.77. The van der Waals surface area contributed by atoms with E-state index in [0.29, 0.717) is 11.5 Å². The van der Waals surface area contributed by atoms with Gasteiger partial charge in [0, 0.05) is 14.3 Å². The van der Waals surface area contributed by atoms with Crippen molar-refractivity contribution in [3.8, 4) is 5.75 Å². The highest BCUT2D eigenvalue weighted by molar-refractivity contribution is 9.11. The minimum atomic E-state index is 0.539. The summed E-state index contributed by atoms with van der Waals surface area (Å²) in [6.45, 7) is 4.92. The second-order valence-electron chi connectivity index (χ2n) is 8.07. The van der Waals surface area contributed by atoms with Gasteiger partial charge in [0.05, 0.1) is 24.0 Å². The Morgan fingerprint density at radius 2 is 1.74 bits per heavy atom.